The van der Waals surface area contributed by atoms with Gasteiger partial charge in [-0.3, -0.25) is 4.79 Å². The summed E-state index contributed by atoms with van der Waals surface area (Å²) in [6.45, 7) is 7.69. The van der Waals surface area contributed by atoms with E-state index in [1.165, 1.54) is 0 Å². The molecule has 1 fully saturated rings. The fraction of sp³-hybridized carbons (Fsp3) is 0.550. The van der Waals surface area contributed by atoms with Gasteiger partial charge < -0.3 is 9.32 Å². The minimum absolute atomic E-state index is 0.0475. The van der Waals surface area contributed by atoms with E-state index < -0.39 is 0 Å². The first kappa shape index (κ1) is 17.6. The third-order valence-corrected chi connectivity index (χ3v) is 5.01. The molecule has 3 rings (SSSR count). The van der Waals surface area contributed by atoms with Crippen molar-refractivity contribution >= 4 is 5.91 Å². The van der Waals surface area contributed by atoms with E-state index in [0.717, 1.165) is 43.8 Å². The van der Waals surface area contributed by atoms with Crippen LogP contribution in [-0.4, -0.2) is 34.1 Å². The molecular weight excluding hydrogens is 314 g/mol. The zero-order chi connectivity index (χ0) is 17.8. The molecule has 1 aromatic heterocycles. The van der Waals surface area contributed by atoms with Crippen LogP contribution in [0.4, 0.5) is 0 Å². The Labute approximate surface area is 149 Å². The van der Waals surface area contributed by atoms with Crippen LogP contribution in [-0.2, 0) is 4.79 Å². The van der Waals surface area contributed by atoms with Crippen LogP contribution < -0.4 is 0 Å². The lowest BCUT2D eigenvalue weighted by atomic mass is 9.92. The van der Waals surface area contributed by atoms with E-state index in [1.807, 2.05) is 49.1 Å². The molecule has 0 N–H and O–H groups in total. The van der Waals surface area contributed by atoms with Gasteiger partial charge in [0.05, 0.1) is 5.92 Å². The highest BCUT2D eigenvalue weighted by Crippen LogP contribution is 2.30. The highest BCUT2D eigenvalue weighted by molar-refractivity contribution is 5.83. The maximum absolute atomic E-state index is 12.9. The van der Waals surface area contributed by atoms with E-state index in [-0.39, 0.29) is 23.7 Å². The Morgan fingerprint density at radius 3 is 2.44 bits per heavy atom. The third-order valence-electron chi connectivity index (χ3n) is 5.01. The van der Waals surface area contributed by atoms with Gasteiger partial charge in [0.1, 0.15) is 0 Å². The second-order valence-electron chi connectivity index (χ2n) is 7.10. The van der Waals surface area contributed by atoms with E-state index in [0.29, 0.717) is 5.89 Å². The Morgan fingerprint density at radius 2 is 1.88 bits per heavy atom. The third kappa shape index (κ3) is 3.91. The molecule has 1 saturated heterocycles. The summed E-state index contributed by atoms with van der Waals surface area (Å²) in [5.41, 5.74) is 1.11. The topological polar surface area (TPSA) is 59.2 Å². The van der Waals surface area contributed by atoms with Gasteiger partial charge in [0.25, 0.3) is 0 Å². The summed E-state index contributed by atoms with van der Waals surface area (Å²) in [5.74, 6) is 2.13. The fourth-order valence-corrected chi connectivity index (χ4v) is 3.45. The van der Waals surface area contributed by atoms with Crippen molar-refractivity contribution in [2.75, 3.05) is 13.1 Å². The Balaban J connectivity index is 1.62. The number of amides is 1. The van der Waals surface area contributed by atoms with Crippen LogP contribution in [0.15, 0.2) is 34.7 Å². The Hall–Kier alpha value is -2.17. The number of piperidine rings is 1. The summed E-state index contributed by atoms with van der Waals surface area (Å²) in [4.78, 5) is 14.9. The SMILES string of the molecule is CC[C@@H](C(=O)N1CCC(c2nnc(C(C)C)o2)CC1)c1ccccc1. The highest BCUT2D eigenvalue weighted by atomic mass is 16.4. The number of aromatic nitrogens is 2. The van der Waals surface area contributed by atoms with Crippen molar-refractivity contribution in [3.05, 3.63) is 47.7 Å². The largest absolute Gasteiger partial charge is 0.425 e. The summed E-state index contributed by atoms with van der Waals surface area (Å²) >= 11 is 0. The van der Waals surface area contributed by atoms with E-state index in [1.54, 1.807) is 0 Å². The van der Waals surface area contributed by atoms with E-state index in [9.17, 15) is 4.79 Å². The van der Waals surface area contributed by atoms with Gasteiger partial charge in [0.15, 0.2) is 0 Å². The van der Waals surface area contributed by atoms with Crippen LogP contribution in [0.2, 0.25) is 0 Å². The lowest BCUT2D eigenvalue weighted by Crippen LogP contribution is -2.40. The number of nitrogens with zero attached hydrogens (tertiary/aromatic N) is 3. The van der Waals surface area contributed by atoms with E-state index in [4.69, 9.17) is 4.42 Å². The lowest BCUT2D eigenvalue weighted by Gasteiger charge is -2.33. The van der Waals surface area contributed by atoms with Gasteiger partial charge in [0.2, 0.25) is 17.7 Å². The number of hydrogen-bond acceptors (Lipinski definition) is 4. The van der Waals surface area contributed by atoms with Gasteiger partial charge >= 0.3 is 0 Å². The molecule has 0 saturated carbocycles. The standard InChI is InChI=1S/C20H27N3O2/c1-4-17(15-8-6-5-7-9-15)20(24)23-12-10-16(11-13-23)19-22-21-18(25-19)14(2)3/h5-9,14,16-17H,4,10-13H2,1-3H3/t17-/m1/s1. The predicted molar refractivity (Wildman–Crippen MR) is 96.4 cm³/mol. The maximum atomic E-state index is 12.9. The molecule has 2 heterocycles. The predicted octanol–water partition coefficient (Wildman–Crippen LogP) is 4.09. The summed E-state index contributed by atoms with van der Waals surface area (Å²) < 4.78 is 5.79. The number of benzene rings is 1. The van der Waals surface area contributed by atoms with Gasteiger partial charge in [0, 0.05) is 24.9 Å². The number of carbonyl (C=O) groups is 1. The smallest absolute Gasteiger partial charge is 0.230 e. The maximum Gasteiger partial charge on any atom is 0.230 e. The molecule has 0 spiro atoms. The molecule has 0 unspecified atom stereocenters. The quantitative estimate of drug-likeness (QED) is 0.822. The van der Waals surface area contributed by atoms with Crippen molar-refractivity contribution in [2.24, 2.45) is 0 Å². The second-order valence-corrected chi connectivity index (χ2v) is 7.10. The molecule has 134 valence electrons. The van der Waals surface area contributed by atoms with Crippen LogP contribution in [0, 0.1) is 0 Å². The number of hydrogen-bond donors (Lipinski definition) is 0. The van der Waals surface area contributed by atoms with Crippen LogP contribution in [0.1, 0.15) is 75.1 Å². The Morgan fingerprint density at radius 1 is 1.20 bits per heavy atom. The minimum Gasteiger partial charge on any atom is -0.425 e. The van der Waals surface area contributed by atoms with Crippen molar-refractivity contribution in [1.82, 2.24) is 15.1 Å². The number of likely N-dealkylation sites (tertiary alicyclic amines) is 1. The molecule has 0 aliphatic carbocycles. The van der Waals surface area contributed by atoms with Gasteiger partial charge in [-0.25, -0.2) is 0 Å². The molecule has 0 bridgehead atoms. The summed E-state index contributed by atoms with van der Waals surface area (Å²) in [6.07, 6.45) is 2.59. The normalized spacial score (nSPS) is 17.0. The van der Waals surface area contributed by atoms with Crippen LogP contribution in [0.25, 0.3) is 0 Å². The van der Waals surface area contributed by atoms with Gasteiger partial charge in [-0.05, 0) is 24.8 Å². The molecule has 1 amide bonds. The number of carbonyl (C=O) groups excluding carboxylic acids is 1. The van der Waals surface area contributed by atoms with Crippen LogP contribution in [0.5, 0.6) is 0 Å². The van der Waals surface area contributed by atoms with E-state index >= 15 is 0 Å². The minimum atomic E-state index is -0.0475. The molecular formula is C20H27N3O2. The monoisotopic (exact) mass is 341 g/mol. The Kier molecular flexibility index (Phi) is 5.51. The molecule has 2 aromatic rings. The van der Waals surface area contributed by atoms with Crippen molar-refractivity contribution in [2.45, 2.75) is 57.8 Å². The first-order valence-corrected chi connectivity index (χ1v) is 9.27. The lowest BCUT2D eigenvalue weighted by molar-refractivity contribution is -0.134. The summed E-state index contributed by atoms with van der Waals surface area (Å²) in [7, 11) is 0. The van der Waals surface area contributed by atoms with Crippen molar-refractivity contribution in [1.29, 1.82) is 0 Å². The molecule has 1 aliphatic heterocycles. The Bertz CT molecular complexity index is 688. The average Bonchev–Trinajstić information content (AvgIpc) is 3.14. The molecule has 1 atom stereocenters. The molecule has 5 nitrogen and oxygen atoms in total. The average molecular weight is 341 g/mol. The summed E-state index contributed by atoms with van der Waals surface area (Å²) in [6, 6.07) is 10.1. The van der Waals surface area contributed by atoms with Gasteiger partial charge in [-0.1, -0.05) is 51.1 Å². The van der Waals surface area contributed by atoms with Gasteiger partial charge in [-0.2, -0.15) is 0 Å². The molecule has 25 heavy (non-hydrogen) atoms. The zero-order valence-corrected chi connectivity index (χ0v) is 15.3. The second kappa shape index (κ2) is 7.81. The fourth-order valence-electron chi connectivity index (χ4n) is 3.45. The van der Waals surface area contributed by atoms with Crippen molar-refractivity contribution < 1.29 is 9.21 Å². The zero-order valence-electron chi connectivity index (χ0n) is 15.3. The number of rotatable bonds is 5. The molecule has 5 heteroatoms. The van der Waals surface area contributed by atoms with Gasteiger partial charge in [-0.15, -0.1) is 10.2 Å². The molecule has 1 aliphatic rings. The first-order chi connectivity index (χ1) is 12.1. The van der Waals surface area contributed by atoms with Crippen LogP contribution >= 0.6 is 0 Å². The first-order valence-electron chi connectivity index (χ1n) is 9.27. The van der Waals surface area contributed by atoms with Crippen molar-refractivity contribution in [3.63, 3.8) is 0 Å². The van der Waals surface area contributed by atoms with Crippen LogP contribution in [0.3, 0.4) is 0 Å². The van der Waals surface area contributed by atoms with Crippen molar-refractivity contribution in [3.8, 4) is 0 Å². The summed E-state index contributed by atoms with van der Waals surface area (Å²) in [5, 5.41) is 8.34. The highest BCUT2D eigenvalue weighted by Gasteiger charge is 2.30. The molecule has 0 radical (unpaired) electrons. The van der Waals surface area contributed by atoms with E-state index in [2.05, 4.69) is 17.1 Å². The molecule has 1 aromatic carbocycles.